The smallest absolute Gasteiger partial charge is 0.164 e. The standard InChI is InChI=1S/C6H9FN4.ClH/c7-3-5-9-10-6-4-8-1-2-11(5)6;/h8H,1-4H2;1H. The summed E-state index contributed by atoms with van der Waals surface area (Å²) in [6.45, 7) is 1.83. The Labute approximate surface area is 75.6 Å². The Balaban J connectivity index is 0.000000720. The lowest BCUT2D eigenvalue weighted by Crippen LogP contribution is -2.28. The third kappa shape index (κ3) is 1.42. The van der Waals surface area contributed by atoms with Gasteiger partial charge >= 0.3 is 0 Å². The van der Waals surface area contributed by atoms with Crippen LogP contribution in [0.1, 0.15) is 11.6 Å². The number of hydrogen-bond acceptors (Lipinski definition) is 3. The zero-order valence-corrected chi connectivity index (χ0v) is 7.27. The second-order valence-corrected chi connectivity index (χ2v) is 2.49. The number of halogens is 2. The Morgan fingerprint density at radius 2 is 2.33 bits per heavy atom. The first-order valence-electron chi connectivity index (χ1n) is 3.59. The zero-order chi connectivity index (χ0) is 7.68. The minimum absolute atomic E-state index is 0. The van der Waals surface area contributed by atoms with Gasteiger partial charge in [-0.2, -0.15) is 0 Å². The fraction of sp³-hybridized carbons (Fsp3) is 0.667. The third-order valence-corrected chi connectivity index (χ3v) is 1.82. The van der Waals surface area contributed by atoms with Crippen LogP contribution >= 0.6 is 12.4 Å². The summed E-state index contributed by atoms with van der Waals surface area (Å²) in [5, 5.41) is 10.7. The van der Waals surface area contributed by atoms with Crippen molar-refractivity contribution in [1.82, 2.24) is 20.1 Å². The molecule has 0 aromatic carbocycles. The molecule has 1 aliphatic rings. The molecule has 0 amide bonds. The van der Waals surface area contributed by atoms with Gasteiger partial charge in [0, 0.05) is 13.1 Å². The van der Waals surface area contributed by atoms with Gasteiger partial charge in [0.2, 0.25) is 0 Å². The quantitative estimate of drug-likeness (QED) is 0.695. The van der Waals surface area contributed by atoms with Gasteiger partial charge in [0.15, 0.2) is 5.82 Å². The number of alkyl halides is 1. The van der Waals surface area contributed by atoms with E-state index < -0.39 is 6.67 Å². The van der Waals surface area contributed by atoms with Gasteiger partial charge in [0.1, 0.15) is 12.5 Å². The van der Waals surface area contributed by atoms with Gasteiger partial charge < -0.3 is 9.88 Å². The van der Waals surface area contributed by atoms with Crippen molar-refractivity contribution in [3.63, 3.8) is 0 Å². The minimum Gasteiger partial charge on any atom is -0.310 e. The van der Waals surface area contributed by atoms with E-state index in [1.165, 1.54) is 0 Å². The number of fused-ring (bicyclic) bond motifs is 1. The van der Waals surface area contributed by atoms with E-state index in [9.17, 15) is 4.39 Å². The Kier molecular flexibility index (Phi) is 2.99. The van der Waals surface area contributed by atoms with Crippen LogP contribution < -0.4 is 5.32 Å². The van der Waals surface area contributed by atoms with Crippen molar-refractivity contribution < 1.29 is 4.39 Å². The van der Waals surface area contributed by atoms with Crippen LogP contribution in [0.4, 0.5) is 4.39 Å². The molecule has 1 aliphatic heterocycles. The summed E-state index contributed by atoms with van der Waals surface area (Å²) in [6.07, 6.45) is 0. The van der Waals surface area contributed by atoms with Gasteiger partial charge in [-0.1, -0.05) is 0 Å². The topological polar surface area (TPSA) is 42.7 Å². The maximum absolute atomic E-state index is 12.2. The van der Waals surface area contributed by atoms with Gasteiger partial charge in [0.05, 0.1) is 6.54 Å². The highest BCUT2D eigenvalue weighted by atomic mass is 35.5. The van der Waals surface area contributed by atoms with Crippen molar-refractivity contribution >= 4 is 12.4 Å². The Bertz CT molecular complexity index is 249. The van der Waals surface area contributed by atoms with Gasteiger partial charge in [-0.15, -0.1) is 22.6 Å². The highest BCUT2D eigenvalue weighted by Gasteiger charge is 2.13. The molecule has 1 aromatic heterocycles. The average molecular weight is 193 g/mol. The Morgan fingerprint density at radius 3 is 3.08 bits per heavy atom. The average Bonchev–Trinajstić information content (AvgIpc) is 2.47. The normalized spacial score (nSPS) is 15.1. The molecule has 2 rings (SSSR count). The molecule has 0 unspecified atom stereocenters. The van der Waals surface area contributed by atoms with Gasteiger partial charge in [-0.3, -0.25) is 0 Å². The summed E-state index contributed by atoms with van der Waals surface area (Å²) in [7, 11) is 0. The lowest BCUT2D eigenvalue weighted by molar-refractivity contribution is 0.424. The fourth-order valence-corrected chi connectivity index (χ4v) is 1.25. The molecule has 0 radical (unpaired) electrons. The monoisotopic (exact) mass is 192 g/mol. The van der Waals surface area contributed by atoms with Crippen LogP contribution in [0.5, 0.6) is 0 Å². The number of nitrogens with one attached hydrogen (secondary N) is 1. The summed E-state index contributed by atoms with van der Waals surface area (Å²) in [6, 6.07) is 0. The van der Waals surface area contributed by atoms with E-state index in [0.29, 0.717) is 12.4 Å². The molecule has 0 spiro atoms. The maximum atomic E-state index is 12.2. The van der Waals surface area contributed by atoms with Crippen LogP contribution in [0.25, 0.3) is 0 Å². The van der Waals surface area contributed by atoms with Crippen molar-refractivity contribution in [2.75, 3.05) is 6.54 Å². The van der Waals surface area contributed by atoms with E-state index in [4.69, 9.17) is 0 Å². The van der Waals surface area contributed by atoms with E-state index in [1.807, 2.05) is 4.57 Å². The molecule has 1 N–H and O–H groups in total. The van der Waals surface area contributed by atoms with E-state index in [2.05, 4.69) is 15.5 Å². The largest absolute Gasteiger partial charge is 0.310 e. The SMILES string of the molecule is Cl.FCc1nnc2n1CCNC2. The second-order valence-electron chi connectivity index (χ2n) is 2.49. The van der Waals surface area contributed by atoms with Gasteiger partial charge in [-0.05, 0) is 0 Å². The molecular formula is C6H10ClFN4. The van der Waals surface area contributed by atoms with E-state index in [1.54, 1.807) is 0 Å². The lowest BCUT2D eigenvalue weighted by atomic mass is 10.4. The number of hydrogen-bond donors (Lipinski definition) is 1. The molecule has 4 nitrogen and oxygen atoms in total. The fourth-order valence-electron chi connectivity index (χ4n) is 1.25. The van der Waals surface area contributed by atoms with Gasteiger partial charge in [0.25, 0.3) is 0 Å². The van der Waals surface area contributed by atoms with Crippen LogP contribution in [0, 0.1) is 0 Å². The molecule has 2 heterocycles. The van der Waals surface area contributed by atoms with Crippen molar-refractivity contribution in [3.05, 3.63) is 11.6 Å². The summed E-state index contributed by atoms with van der Waals surface area (Å²) in [5.74, 6) is 1.28. The molecular weight excluding hydrogens is 183 g/mol. The highest BCUT2D eigenvalue weighted by molar-refractivity contribution is 5.85. The molecule has 12 heavy (non-hydrogen) atoms. The lowest BCUT2D eigenvalue weighted by Gasteiger charge is -2.14. The van der Waals surface area contributed by atoms with Crippen molar-refractivity contribution in [2.24, 2.45) is 0 Å². The molecule has 68 valence electrons. The molecule has 0 bridgehead atoms. The van der Waals surface area contributed by atoms with Crippen molar-refractivity contribution in [3.8, 4) is 0 Å². The minimum atomic E-state index is -0.521. The van der Waals surface area contributed by atoms with E-state index in [0.717, 1.165) is 18.9 Å². The number of nitrogens with zero attached hydrogens (tertiary/aromatic N) is 3. The first kappa shape index (κ1) is 9.41. The molecule has 0 aliphatic carbocycles. The van der Waals surface area contributed by atoms with E-state index in [-0.39, 0.29) is 12.4 Å². The molecule has 0 saturated carbocycles. The summed E-state index contributed by atoms with van der Waals surface area (Å²) in [4.78, 5) is 0. The molecule has 0 atom stereocenters. The predicted octanol–water partition coefficient (Wildman–Crippen LogP) is 0.273. The number of aromatic nitrogens is 3. The highest BCUT2D eigenvalue weighted by Crippen LogP contribution is 2.06. The Morgan fingerprint density at radius 1 is 1.50 bits per heavy atom. The van der Waals surface area contributed by atoms with Crippen molar-refractivity contribution in [1.29, 1.82) is 0 Å². The maximum Gasteiger partial charge on any atom is 0.164 e. The van der Waals surface area contributed by atoms with Crippen LogP contribution in [-0.2, 0) is 19.8 Å². The number of rotatable bonds is 1. The first-order valence-corrected chi connectivity index (χ1v) is 3.59. The van der Waals surface area contributed by atoms with E-state index >= 15 is 0 Å². The third-order valence-electron chi connectivity index (χ3n) is 1.82. The molecule has 0 saturated heterocycles. The first-order chi connectivity index (χ1) is 5.42. The van der Waals surface area contributed by atoms with Crippen LogP contribution in [-0.4, -0.2) is 21.3 Å². The summed E-state index contributed by atoms with van der Waals surface area (Å²) < 4.78 is 14.0. The van der Waals surface area contributed by atoms with Crippen LogP contribution in [0.2, 0.25) is 0 Å². The second kappa shape index (κ2) is 3.82. The van der Waals surface area contributed by atoms with Crippen LogP contribution in [0.3, 0.4) is 0 Å². The predicted molar refractivity (Wildman–Crippen MR) is 43.8 cm³/mol. The Hall–Kier alpha value is -0.680. The molecule has 0 fully saturated rings. The summed E-state index contributed by atoms with van der Waals surface area (Å²) >= 11 is 0. The zero-order valence-electron chi connectivity index (χ0n) is 6.46. The van der Waals surface area contributed by atoms with Crippen molar-refractivity contribution in [2.45, 2.75) is 19.8 Å². The molecule has 1 aromatic rings. The summed E-state index contributed by atoms with van der Waals surface area (Å²) in [5.41, 5.74) is 0. The van der Waals surface area contributed by atoms with Crippen LogP contribution in [0.15, 0.2) is 0 Å². The van der Waals surface area contributed by atoms with Gasteiger partial charge in [-0.25, -0.2) is 4.39 Å². The molecule has 6 heteroatoms.